The molecular weight excluding hydrogens is 280 g/mol. The molecule has 0 radical (unpaired) electrons. The van der Waals surface area contributed by atoms with E-state index in [0.717, 1.165) is 12.1 Å². The molecule has 0 aliphatic rings. The van der Waals surface area contributed by atoms with Gasteiger partial charge in [0, 0.05) is 13.1 Å². The molecule has 1 aromatic rings. The van der Waals surface area contributed by atoms with Crippen LogP contribution in [0.3, 0.4) is 0 Å². The second-order valence-corrected chi connectivity index (χ2v) is 3.99. The van der Waals surface area contributed by atoms with E-state index < -0.39 is 17.5 Å². The van der Waals surface area contributed by atoms with Gasteiger partial charge in [-0.05, 0) is 41.9 Å². The van der Waals surface area contributed by atoms with Crippen molar-refractivity contribution in [3.05, 3.63) is 33.8 Å². The van der Waals surface area contributed by atoms with Crippen molar-refractivity contribution in [2.75, 3.05) is 13.1 Å². The Morgan fingerprint density at radius 1 is 1.25 bits per heavy atom. The lowest BCUT2D eigenvalue weighted by atomic mass is 10.1. The van der Waals surface area contributed by atoms with E-state index in [1.807, 2.05) is 0 Å². The fourth-order valence-electron chi connectivity index (χ4n) is 1.39. The topological polar surface area (TPSA) is 20.3 Å². The van der Waals surface area contributed by atoms with Crippen molar-refractivity contribution in [1.29, 1.82) is 0 Å². The Morgan fingerprint density at radius 2 is 1.75 bits per heavy atom. The molecule has 88 valence electrons. The first kappa shape index (κ1) is 13.1. The Bertz CT molecular complexity index is 405. The molecule has 0 aromatic heterocycles. The minimum atomic E-state index is -0.717. The van der Waals surface area contributed by atoms with Crippen molar-refractivity contribution >= 4 is 21.8 Å². The van der Waals surface area contributed by atoms with E-state index in [1.54, 1.807) is 13.8 Å². The second-order valence-electron chi connectivity index (χ2n) is 3.20. The van der Waals surface area contributed by atoms with Gasteiger partial charge in [-0.3, -0.25) is 4.79 Å². The Morgan fingerprint density at radius 3 is 2.25 bits per heavy atom. The Hall–Kier alpha value is -0.970. The van der Waals surface area contributed by atoms with E-state index in [1.165, 1.54) is 4.90 Å². The number of nitrogens with zero attached hydrogens (tertiary/aromatic N) is 1. The van der Waals surface area contributed by atoms with Crippen molar-refractivity contribution in [2.24, 2.45) is 0 Å². The van der Waals surface area contributed by atoms with E-state index in [2.05, 4.69) is 15.9 Å². The van der Waals surface area contributed by atoms with Crippen molar-refractivity contribution in [1.82, 2.24) is 4.90 Å². The van der Waals surface area contributed by atoms with Crippen LogP contribution in [-0.2, 0) is 0 Å². The minimum absolute atomic E-state index is 0.121. The molecule has 0 atom stereocenters. The van der Waals surface area contributed by atoms with Crippen molar-refractivity contribution in [3.8, 4) is 0 Å². The molecular formula is C11H12BrF2NO. The maximum absolute atomic E-state index is 13.5. The zero-order valence-corrected chi connectivity index (χ0v) is 10.6. The SMILES string of the molecule is CCN(CC)C(=O)c1c(F)ccc(F)c1Br. The normalized spacial score (nSPS) is 10.3. The molecule has 0 aliphatic carbocycles. The van der Waals surface area contributed by atoms with Gasteiger partial charge in [-0.1, -0.05) is 0 Å². The molecule has 0 N–H and O–H groups in total. The maximum Gasteiger partial charge on any atom is 0.258 e. The number of benzene rings is 1. The van der Waals surface area contributed by atoms with Crippen LogP contribution in [0.2, 0.25) is 0 Å². The van der Waals surface area contributed by atoms with Gasteiger partial charge in [-0.2, -0.15) is 0 Å². The summed E-state index contributed by atoms with van der Waals surface area (Å²) in [6, 6.07) is 1.94. The predicted octanol–water partition coefficient (Wildman–Crippen LogP) is 3.21. The first-order valence-corrected chi connectivity index (χ1v) is 5.75. The van der Waals surface area contributed by atoms with Gasteiger partial charge in [0.15, 0.2) is 0 Å². The van der Waals surface area contributed by atoms with Crippen LogP contribution < -0.4 is 0 Å². The van der Waals surface area contributed by atoms with Gasteiger partial charge in [-0.15, -0.1) is 0 Å². The summed E-state index contributed by atoms with van der Waals surface area (Å²) in [5.74, 6) is -1.86. The number of carbonyl (C=O) groups excluding carboxylic acids is 1. The van der Waals surface area contributed by atoms with E-state index >= 15 is 0 Å². The molecule has 0 saturated carbocycles. The standard InChI is InChI=1S/C11H12BrF2NO/c1-3-15(4-2)11(16)9-7(13)5-6-8(14)10(9)12/h5-6H,3-4H2,1-2H3. The number of hydrogen-bond donors (Lipinski definition) is 0. The fraction of sp³-hybridized carbons (Fsp3) is 0.364. The van der Waals surface area contributed by atoms with Crippen LogP contribution in [-0.4, -0.2) is 23.9 Å². The summed E-state index contributed by atoms with van der Waals surface area (Å²) in [5.41, 5.74) is -0.247. The van der Waals surface area contributed by atoms with Gasteiger partial charge in [0.2, 0.25) is 0 Å². The average Bonchev–Trinajstić information content (AvgIpc) is 2.26. The molecule has 1 amide bonds. The lowest BCUT2D eigenvalue weighted by Crippen LogP contribution is -2.31. The molecule has 0 heterocycles. The summed E-state index contributed by atoms with van der Waals surface area (Å²) in [7, 11) is 0. The summed E-state index contributed by atoms with van der Waals surface area (Å²) >= 11 is 2.90. The van der Waals surface area contributed by atoms with Crippen molar-refractivity contribution < 1.29 is 13.6 Å². The maximum atomic E-state index is 13.5. The fourth-order valence-corrected chi connectivity index (χ4v) is 1.88. The summed E-state index contributed by atoms with van der Waals surface area (Å²) in [6.45, 7) is 4.48. The molecule has 1 aromatic carbocycles. The van der Waals surface area contributed by atoms with Crippen LogP contribution in [0.1, 0.15) is 24.2 Å². The number of rotatable bonds is 3. The molecule has 2 nitrogen and oxygen atoms in total. The first-order valence-electron chi connectivity index (χ1n) is 4.95. The van der Waals surface area contributed by atoms with Crippen LogP contribution in [0.25, 0.3) is 0 Å². The molecule has 0 saturated heterocycles. The van der Waals surface area contributed by atoms with Crippen LogP contribution in [0.15, 0.2) is 16.6 Å². The van der Waals surface area contributed by atoms with Gasteiger partial charge >= 0.3 is 0 Å². The zero-order valence-electron chi connectivity index (χ0n) is 9.06. The quantitative estimate of drug-likeness (QED) is 0.783. The molecule has 0 unspecified atom stereocenters. The minimum Gasteiger partial charge on any atom is -0.339 e. The lowest BCUT2D eigenvalue weighted by molar-refractivity contribution is 0.0766. The Labute approximate surface area is 101 Å². The van der Waals surface area contributed by atoms with E-state index in [9.17, 15) is 13.6 Å². The number of carbonyl (C=O) groups is 1. The highest BCUT2D eigenvalue weighted by Crippen LogP contribution is 2.24. The van der Waals surface area contributed by atoms with Crippen LogP contribution in [0.4, 0.5) is 8.78 Å². The molecule has 0 aliphatic heterocycles. The van der Waals surface area contributed by atoms with Crippen molar-refractivity contribution in [3.63, 3.8) is 0 Å². The monoisotopic (exact) mass is 291 g/mol. The largest absolute Gasteiger partial charge is 0.339 e. The highest BCUT2D eigenvalue weighted by molar-refractivity contribution is 9.10. The van der Waals surface area contributed by atoms with Gasteiger partial charge in [0.1, 0.15) is 11.6 Å². The lowest BCUT2D eigenvalue weighted by Gasteiger charge is -2.19. The third-order valence-electron chi connectivity index (χ3n) is 2.31. The Kier molecular flexibility index (Phi) is 4.41. The van der Waals surface area contributed by atoms with Gasteiger partial charge in [0.25, 0.3) is 5.91 Å². The number of halogens is 3. The second kappa shape index (κ2) is 5.39. The predicted molar refractivity (Wildman–Crippen MR) is 61.3 cm³/mol. The summed E-state index contributed by atoms with van der Waals surface area (Å²) in [4.78, 5) is 13.3. The van der Waals surface area contributed by atoms with E-state index in [4.69, 9.17) is 0 Å². The van der Waals surface area contributed by atoms with Crippen LogP contribution in [0.5, 0.6) is 0 Å². The highest BCUT2D eigenvalue weighted by atomic mass is 79.9. The third-order valence-corrected chi connectivity index (χ3v) is 3.08. The first-order chi connectivity index (χ1) is 7.52. The molecule has 0 spiro atoms. The number of hydrogen-bond acceptors (Lipinski definition) is 1. The third kappa shape index (κ3) is 2.40. The van der Waals surface area contributed by atoms with Gasteiger partial charge in [-0.25, -0.2) is 8.78 Å². The van der Waals surface area contributed by atoms with Gasteiger partial charge < -0.3 is 4.90 Å². The molecule has 1 rings (SSSR count). The smallest absolute Gasteiger partial charge is 0.258 e. The van der Waals surface area contributed by atoms with Crippen molar-refractivity contribution in [2.45, 2.75) is 13.8 Å². The Balaban J connectivity index is 3.22. The van der Waals surface area contributed by atoms with E-state index in [0.29, 0.717) is 13.1 Å². The average molecular weight is 292 g/mol. The zero-order chi connectivity index (χ0) is 12.3. The van der Waals surface area contributed by atoms with Crippen LogP contribution in [0, 0.1) is 11.6 Å². The molecule has 5 heteroatoms. The van der Waals surface area contributed by atoms with Gasteiger partial charge in [0.05, 0.1) is 10.0 Å². The summed E-state index contributed by atoms with van der Waals surface area (Å²) in [6.07, 6.45) is 0. The molecule has 0 bridgehead atoms. The van der Waals surface area contributed by atoms with E-state index in [-0.39, 0.29) is 10.0 Å². The van der Waals surface area contributed by atoms with Crippen LogP contribution >= 0.6 is 15.9 Å². The highest BCUT2D eigenvalue weighted by Gasteiger charge is 2.22. The summed E-state index contributed by atoms with van der Waals surface area (Å²) in [5, 5.41) is 0. The number of amides is 1. The molecule has 16 heavy (non-hydrogen) atoms. The summed E-state index contributed by atoms with van der Waals surface area (Å²) < 4.78 is 26.6. The molecule has 0 fully saturated rings.